The summed E-state index contributed by atoms with van der Waals surface area (Å²) in [5.74, 6) is 0.487. The summed E-state index contributed by atoms with van der Waals surface area (Å²) >= 11 is 0. The summed E-state index contributed by atoms with van der Waals surface area (Å²) in [6, 6.07) is 9.23. The standard InChI is InChI=1S/C10H10FN5O/c11-6-17-16-10-14-8(13-9(12)15-10)7-4-2-1-3-5-7/h1-5H,6H2,(H3,12,13,14,15,16). The summed E-state index contributed by atoms with van der Waals surface area (Å²) in [5.41, 5.74) is 8.53. The fourth-order valence-corrected chi connectivity index (χ4v) is 1.25. The van der Waals surface area contributed by atoms with Gasteiger partial charge in [-0.15, -0.1) is 0 Å². The van der Waals surface area contributed by atoms with Crippen LogP contribution in [0, 0.1) is 0 Å². The Morgan fingerprint density at radius 3 is 2.65 bits per heavy atom. The summed E-state index contributed by atoms with van der Waals surface area (Å²) in [6.45, 7) is -0.994. The number of nitrogens with one attached hydrogen (secondary N) is 1. The van der Waals surface area contributed by atoms with E-state index in [2.05, 4.69) is 25.3 Å². The molecular weight excluding hydrogens is 225 g/mol. The largest absolute Gasteiger partial charge is 0.368 e. The van der Waals surface area contributed by atoms with Gasteiger partial charge >= 0.3 is 0 Å². The van der Waals surface area contributed by atoms with E-state index < -0.39 is 6.86 Å². The van der Waals surface area contributed by atoms with Crippen molar-refractivity contribution in [2.24, 2.45) is 0 Å². The minimum Gasteiger partial charge on any atom is -0.368 e. The van der Waals surface area contributed by atoms with E-state index in [1.807, 2.05) is 30.3 Å². The van der Waals surface area contributed by atoms with Crippen LogP contribution in [0.5, 0.6) is 0 Å². The molecule has 6 nitrogen and oxygen atoms in total. The molecule has 7 heteroatoms. The van der Waals surface area contributed by atoms with Crippen molar-refractivity contribution in [1.29, 1.82) is 0 Å². The molecule has 3 N–H and O–H groups in total. The zero-order valence-corrected chi connectivity index (χ0v) is 8.80. The molecule has 0 aliphatic carbocycles. The molecule has 0 aliphatic rings. The number of benzene rings is 1. The van der Waals surface area contributed by atoms with Gasteiger partial charge in [-0.2, -0.15) is 15.0 Å². The number of rotatable bonds is 4. The van der Waals surface area contributed by atoms with Gasteiger partial charge in [0.05, 0.1) is 0 Å². The predicted molar refractivity (Wildman–Crippen MR) is 60.4 cm³/mol. The third kappa shape index (κ3) is 2.85. The molecule has 0 amide bonds. The number of nitrogen functional groups attached to an aromatic ring is 1. The fourth-order valence-electron chi connectivity index (χ4n) is 1.25. The van der Waals surface area contributed by atoms with E-state index in [-0.39, 0.29) is 11.9 Å². The van der Waals surface area contributed by atoms with E-state index >= 15 is 0 Å². The molecule has 0 saturated carbocycles. The lowest BCUT2D eigenvalue weighted by Gasteiger charge is -2.05. The monoisotopic (exact) mass is 235 g/mol. The van der Waals surface area contributed by atoms with Crippen molar-refractivity contribution >= 4 is 11.9 Å². The maximum atomic E-state index is 11.8. The van der Waals surface area contributed by atoms with Crippen LogP contribution in [0.15, 0.2) is 30.3 Å². The second-order valence-corrected chi connectivity index (χ2v) is 3.06. The highest BCUT2D eigenvalue weighted by Crippen LogP contribution is 2.16. The Bertz CT molecular complexity index is 493. The van der Waals surface area contributed by atoms with Crippen LogP contribution in [0.25, 0.3) is 11.4 Å². The Labute approximate surface area is 96.6 Å². The first-order valence-corrected chi connectivity index (χ1v) is 4.80. The van der Waals surface area contributed by atoms with Crippen LogP contribution in [0.1, 0.15) is 0 Å². The quantitative estimate of drug-likeness (QED) is 0.779. The third-order valence-electron chi connectivity index (χ3n) is 1.90. The number of hydrogen-bond acceptors (Lipinski definition) is 6. The highest BCUT2D eigenvalue weighted by atomic mass is 19.1. The Hall–Kier alpha value is -2.28. The molecule has 0 atom stereocenters. The van der Waals surface area contributed by atoms with E-state index in [1.54, 1.807) is 0 Å². The van der Waals surface area contributed by atoms with Gasteiger partial charge in [0.25, 0.3) is 5.95 Å². The molecule has 0 unspecified atom stereocenters. The van der Waals surface area contributed by atoms with E-state index in [4.69, 9.17) is 5.73 Å². The van der Waals surface area contributed by atoms with Gasteiger partial charge < -0.3 is 5.73 Å². The molecule has 1 aromatic carbocycles. The van der Waals surface area contributed by atoms with Crippen LogP contribution < -0.4 is 11.2 Å². The number of anilines is 2. The van der Waals surface area contributed by atoms with Gasteiger partial charge in [-0.3, -0.25) is 0 Å². The van der Waals surface area contributed by atoms with Crippen molar-refractivity contribution < 1.29 is 9.23 Å². The van der Waals surface area contributed by atoms with Gasteiger partial charge in [-0.1, -0.05) is 30.3 Å². The number of alkyl halides is 1. The SMILES string of the molecule is Nc1nc(NOCF)nc(-c2ccccc2)n1. The molecule has 17 heavy (non-hydrogen) atoms. The number of aromatic nitrogens is 3. The zero-order chi connectivity index (χ0) is 12.1. The van der Waals surface area contributed by atoms with Crippen molar-refractivity contribution in [3.63, 3.8) is 0 Å². The topological polar surface area (TPSA) is 86.0 Å². The number of hydrogen-bond donors (Lipinski definition) is 2. The van der Waals surface area contributed by atoms with Crippen LogP contribution >= 0.6 is 0 Å². The average Bonchev–Trinajstić information content (AvgIpc) is 2.37. The fraction of sp³-hybridized carbons (Fsp3) is 0.100. The highest BCUT2D eigenvalue weighted by Gasteiger charge is 2.06. The molecule has 2 aromatic rings. The minimum atomic E-state index is -0.994. The second-order valence-electron chi connectivity index (χ2n) is 3.06. The lowest BCUT2D eigenvalue weighted by Crippen LogP contribution is -2.08. The van der Waals surface area contributed by atoms with Crippen LogP contribution in [0.4, 0.5) is 16.3 Å². The Kier molecular flexibility index (Phi) is 3.41. The summed E-state index contributed by atoms with van der Waals surface area (Å²) in [7, 11) is 0. The number of nitrogens with zero attached hydrogens (tertiary/aromatic N) is 3. The molecular formula is C10H10FN5O. The molecule has 0 spiro atoms. The lowest BCUT2D eigenvalue weighted by atomic mass is 10.2. The Morgan fingerprint density at radius 1 is 1.18 bits per heavy atom. The van der Waals surface area contributed by atoms with Gasteiger partial charge in [-0.25, -0.2) is 14.7 Å². The number of nitrogens with two attached hydrogens (primary N) is 1. The highest BCUT2D eigenvalue weighted by molar-refractivity contribution is 5.57. The third-order valence-corrected chi connectivity index (χ3v) is 1.90. The molecule has 0 saturated heterocycles. The van der Waals surface area contributed by atoms with Crippen molar-refractivity contribution in [1.82, 2.24) is 15.0 Å². The second kappa shape index (κ2) is 5.17. The Morgan fingerprint density at radius 2 is 1.94 bits per heavy atom. The summed E-state index contributed by atoms with van der Waals surface area (Å²) in [5, 5.41) is 0. The maximum absolute atomic E-state index is 11.8. The van der Waals surface area contributed by atoms with Gasteiger partial charge in [0.15, 0.2) is 5.82 Å². The first kappa shape index (κ1) is 11.2. The molecule has 0 bridgehead atoms. The van der Waals surface area contributed by atoms with Gasteiger partial charge in [0, 0.05) is 5.56 Å². The molecule has 2 rings (SSSR count). The minimum absolute atomic E-state index is 0.0313. The smallest absolute Gasteiger partial charge is 0.252 e. The van der Waals surface area contributed by atoms with Crippen LogP contribution in [0.3, 0.4) is 0 Å². The van der Waals surface area contributed by atoms with Gasteiger partial charge in [0.1, 0.15) is 0 Å². The van der Waals surface area contributed by atoms with Crippen molar-refractivity contribution in [3.05, 3.63) is 30.3 Å². The number of halogens is 1. The van der Waals surface area contributed by atoms with Crippen LogP contribution in [0.2, 0.25) is 0 Å². The summed E-state index contributed by atoms with van der Waals surface area (Å²) in [6.07, 6.45) is 0. The Balaban J connectivity index is 2.32. The first-order valence-electron chi connectivity index (χ1n) is 4.80. The van der Waals surface area contributed by atoms with E-state index in [0.717, 1.165) is 5.56 Å². The first-order chi connectivity index (χ1) is 8.29. The molecule has 88 valence electrons. The summed E-state index contributed by atoms with van der Waals surface area (Å²) in [4.78, 5) is 16.1. The zero-order valence-electron chi connectivity index (χ0n) is 8.80. The normalized spacial score (nSPS) is 10.2. The van der Waals surface area contributed by atoms with E-state index in [9.17, 15) is 4.39 Å². The van der Waals surface area contributed by atoms with Crippen LogP contribution in [-0.4, -0.2) is 21.8 Å². The van der Waals surface area contributed by atoms with Crippen molar-refractivity contribution in [3.8, 4) is 11.4 Å². The van der Waals surface area contributed by atoms with Crippen molar-refractivity contribution in [2.45, 2.75) is 0 Å². The maximum Gasteiger partial charge on any atom is 0.252 e. The predicted octanol–water partition coefficient (Wildman–Crippen LogP) is 1.39. The van der Waals surface area contributed by atoms with Crippen molar-refractivity contribution in [2.75, 3.05) is 18.1 Å². The molecule has 0 fully saturated rings. The van der Waals surface area contributed by atoms with E-state index in [1.165, 1.54) is 0 Å². The molecule has 1 heterocycles. The van der Waals surface area contributed by atoms with Crippen LogP contribution in [-0.2, 0) is 4.84 Å². The molecule has 1 aromatic heterocycles. The molecule has 0 radical (unpaired) electrons. The summed E-state index contributed by atoms with van der Waals surface area (Å²) < 4.78 is 11.8. The molecule has 0 aliphatic heterocycles. The van der Waals surface area contributed by atoms with E-state index in [0.29, 0.717) is 5.82 Å². The average molecular weight is 235 g/mol. The van der Waals surface area contributed by atoms with Gasteiger partial charge in [-0.05, 0) is 0 Å². The van der Waals surface area contributed by atoms with Gasteiger partial charge in [0.2, 0.25) is 12.8 Å². The lowest BCUT2D eigenvalue weighted by molar-refractivity contribution is 0.0992.